The number of aromatic amines is 1. The summed E-state index contributed by atoms with van der Waals surface area (Å²) in [5, 5.41) is 22.9. The topological polar surface area (TPSA) is 153 Å². The van der Waals surface area contributed by atoms with Crippen molar-refractivity contribution in [1.29, 1.82) is 0 Å². The van der Waals surface area contributed by atoms with Crippen LogP contribution in [0.25, 0.3) is 33.8 Å². The Kier molecular flexibility index (Phi) is 5.54. The molecule has 7 rings (SSSR count). The summed E-state index contributed by atoms with van der Waals surface area (Å²) >= 11 is 6.30. The number of hydrogen-bond donors (Lipinski definition) is 3. The van der Waals surface area contributed by atoms with E-state index in [1.807, 2.05) is 24.3 Å². The second-order valence-corrected chi connectivity index (χ2v) is 10.2. The van der Waals surface area contributed by atoms with E-state index in [1.165, 1.54) is 6.07 Å². The molecule has 3 aromatic heterocycles. The van der Waals surface area contributed by atoms with Crippen LogP contribution in [-0.4, -0.2) is 46.3 Å². The van der Waals surface area contributed by atoms with Gasteiger partial charge in [-0.3, -0.25) is 9.48 Å². The Hall–Kier alpha value is -5.23. The van der Waals surface area contributed by atoms with Crippen LogP contribution < -0.4 is 11.1 Å². The zero-order valence-corrected chi connectivity index (χ0v) is 22.2. The third-order valence-electron chi connectivity index (χ3n) is 7.37. The lowest BCUT2D eigenvalue weighted by atomic mass is 9.77. The van der Waals surface area contributed by atoms with Gasteiger partial charge in [-0.1, -0.05) is 48.0 Å². The summed E-state index contributed by atoms with van der Waals surface area (Å²) in [6, 6.07) is 19.0. The second-order valence-electron chi connectivity index (χ2n) is 9.81. The fraction of sp³-hybridized carbons (Fsp3) is 0.107. The van der Waals surface area contributed by atoms with Crippen LogP contribution >= 0.6 is 11.6 Å². The smallest absolute Gasteiger partial charge is 0.240 e. The van der Waals surface area contributed by atoms with Gasteiger partial charge >= 0.3 is 0 Å². The summed E-state index contributed by atoms with van der Waals surface area (Å²) in [4.78, 5) is 22.8. The maximum absolute atomic E-state index is 14.5. The number of aromatic nitrogens is 8. The number of amides is 1. The lowest BCUT2D eigenvalue weighted by Crippen LogP contribution is -2.33. The van der Waals surface area contributed by atoms with Crippen LogP contribution in [0.2, 0.25) is 5.02 Å². The van der Waals surface area contributed by atoms with E-state index in [4.69, 9.17) is 27.4 Å². The summed E-state index contributed by atoms with van der Waals surface area (Å²) in [5.74, 6) is 0.371. The second kappa shape index (κ2) is 9.17. The molecular formula is C28H20ClFN10O. The molecule has 4 heterocycles. The van der Waals surface area contributed by atoms with Gasteiger partial charge in [0.05, 0.1) is 17.6 Å². The first-order valence-corrected chi connectivity index (χ1v) is 12.9. The number of fused-ring (bicyclic) bond motifs is 2. The number of H-pyrrole nitrogens is 1. The van der Waals surface area contributed by atoms with Gasteiger partial charge in [0, 0.05) is 21.5 Å². The zero-order chi connectivity index (χ0) is 28.3. The van der Waals surface area contributed by atoms with Crippen LogP contribution in [0.1, 0.15) is 23.6 Å². The quantitative estimate of drug-likeness (QED) is 0.278. The Balaban J connectivity index is 1.35. The summed E-state index contributed by atoms with van der Waals surface area (Å²) in [6.45, 7) is 1.93. The Morgan fingerprint density at radius 2 is 1.90 bits per heavy atom. The molecule has 202 valence electrons. The van der Waals surface area contributed by atoms with Gasteiger partial charge in [-0.2, -0.15) is 10.3 Å². The molecule has 1 unspecified atom stereocenters. The minimum Gasteiger partial charge on any atom is -0.383 e. The van der Waals surface area contributed by atoms with Gasteiger partial charge in [0.25, 0.3) is 0 Å². The van der Waals surface area contributed by atoms with E-state index in [1.54, 1.807) is 48.0 Å². The molecule has 3 aromatic carbocycles. The molecule has 1 aliphatic heterocycles. The normalized spacial score (nSPS) is 16.2. The zero-order valence-electron chi connectivity index (χ0n) is 21.4. The number of anilines is 2. The molecule has 13 heteroatoms. The number of carbonyl (C=O) groups excluding carboxylic acids is 1. The number of hydrogen-bond acceptors (Lipinski definition) is 8. The summed E-state index contributed by atoms with van der Waals surface area (Å²) in [7, 11) is 0. The number of nitrogens with one attached hydrogen (secondary N) is 2. The Bertz CT molecular complexity index is 1990. The highest BCUT2D eigenvalue weighted by molar-refractivity contribution is 6.31. The highest BCUT2D eigenvalue weighted by atomic mass is 35.5. The van der Waals surface area contributed by atoms with Crippen LogP contribution in [0.15, 0.2) is 66.7 Å². The molecular weight excluding hydrogens is 547 g/mol. The molecule has 0 saturated carbocycles. The standard InChI is InChI=1S/C28H20ClFN10O/c1-28(16-7-4-6-14(11-16)24-35-38-39-36-24)21-23(31)32-26(33-25(21)34-27(28)41)22-18-10-9-17(29)12-20(18)40(37-22)13-15-5-2-3-8-19(15)30/h2-12H,13H2,1H3,(H,35,36,38,39)(H3,31,32,33,34,41). The van der Waals surface area contributed by atoms with E-state index < -0.39 is 5.41 Å². The molecule has 0 radical (unpaired) electrons. The summed E-state index contributed by atoms with van der Waals surface area (Å²) < 4.78 is 16.1. The molecule has 41 heavy (non-hydrogen) atoms. The SMILES string of the molecule is CC1(c2cccc(-c3nn[nH]n3)c2)C(=O)Nc2nc(-c3nn(Cc4ccccc4F)c4cc(Cl)ccc34)nc(N)c21. The van der Waals surface area contributed by atoms with Crippen molar-refractivity contribution in [2.24, 2.45) is 0 Å². The van der Waals surface area contributed by atoms with Crippen molar-refractivity contribution in [1.82, 2.24) is 40.4 Å². The molecule has 1 amide bonds. The summed E-state index contributed by atoms with van der Waals surface area (Å²) in [6.07, 6.45) is 0. The molecule has 6 aromatic rings. The van der Waals surface area contributed by atoms with Crippen LogP contribution in [0.4, 0.5) is 16.0 Å². The highest BCUT2D eigenvalue weighted by Crippen LogP contribution is 2.45. The van der Waals surface area contributed by atoms with Crippen molar-refractivity contribution >= 4 is 40.0 Å². The number of nitrogens with zero attached hydrogens (tertiary/aromatic N) is 7. The number of benzene rings is 3. The van der Waals surface area contributed by atoms with Crippen molar-refractivity contribution in [2.45, 2.75) is 18.9 Å². The lowest BCUT2D eigenvalue weighted by Gasteiger charge is -2.23. The lowest BCUT2D eigenvalue weighted by molar-refractivity contribution is -0.119. The molecule has 0 aliphatic carbocycles. The largest absolute Gasteiger partial charge is 0.383 e. The maximum atomic E-state index is 14.5. The van der Waals surface area contributed by atoms with Gasteiger partial charge in [0.2, 0.25) is 11.7 Å². The van der Waals surface area contributed by atoms with Crippen LogP contribution in [0.5, 0.6) is 0 Å². The van der Waals surface area contributed by atoms with E-state index in [9.17, 15) is 9.18 Å². The maximum Gasteiger partial charge on any atom is 0.240 e. The predicted molar refractivity (Wildman–Crippen MR) is 150 cm³/mol. The van der Waals surface area contributed by atoms with Crippen molar-refractivity contribution in [3.8, 4) is 22.9 Å². The number of carbonyl (C=O) groups is 1. The van der Waals surface area contributed by atoms with E-state index >= 15 is 0 Å². The Morgan fingerprint density at radius 3 is 2.71 bits per heavy atom. The molecule has 0 fully saturated rings. The minimum atomic E-state index is -1.18. The molecule has 1 atom stereocenters. The first-order valence-electron chi connectivity index (χ1n) is 12.6. The average Bonchev–Trinajstić information content (AvgIpc) is 3.68. The number of nitrogen functional groups attached to an aromatic ring is 1. The fourth-order valence-electron chi connectivity index (χ4n) is 5.26. The Morgan fingerprint density at radius 1 is 1.05 bits per heavy atom. The minimum absolute atomic E-state index is 0.126. The molecule has 4 N–H and O–H groups in total. The third-order valence-corrected chi connectivity index (χ3v) is 7.61. The first kappa shape index (κ1) is 24.8. The molecule has 0 spiro atoms. The van der Waals surface area contributed by atoms with E-state index in [0.717, 1.165) is 0 Å². The van der Waals surface area contributed by atoms with Crippen molar-refractivity contribution in [2.75, 3.05) is 11.1 Å². The number of rotatable bonds is 5. The molecule has 11 nitrogen and oxygen atoms in total. The van der Waals surface area contributed by atoms with E-state index in [-0.39, 0.29) is 35.7 Å². The van der Waals surface area contributed by atoms with E-state index in [2.05, 4.69) is 30.9 Å². The van der Waals surface area contributed by atoms with Gasteiger partial charge in [0.1, 0.15) is 28.6 Å². The van der Waals surface area contributed by atoms with Gasteiger partial charge in [-0.15, -0.1) is 10.2 Å². The molecule has 1 aliphatic rings. The fourth-order valence-corrected chi connectivity index (χ4v) is 5.43. The Labute approximate surface area is 236 Å². The summed E-state index contributed by atoms with van der Waals surface area (Å²) in [5.41, 5.74) is 8.71. The third kappa shape index (κ3) is 3.91. The van der Waals surface area contributed by atoms with Crippen LogP contribution in [0, 0.1) is 5.82 Å². The van der Waals surface area contributed by atoms with Gasteiger partial charge in [-0.25, -0.2) is 14.4 Å². The van der Waals surface area contributed by atoms with Gasteiger partial charge in [0.15, 0.2) is 5.82 Å². The van der Waals surface area contributed by atoms with Crippen LogP contribution in [0.3, 0.4) is 0 Å². The van der Waals surface area contributed by atoms with Gasteiger partial charge < -0.3 is 11.1 Å². The number of nitrogens with two attached hydrogens (primary N) is 1. The molecule has 0 bridgehead atoms. The number of halogens is 2. The predicted octanol–water partition coefficient (Wildman–Crippen LogP) is 4.35. The van der Waals surface area contributed by atoms with Crippen molar-refractivity contribution in [3.63, 3.8) is 0 Å². The van der Waals surface area contributed by atoms with Crippen molar-refractivity contribution < 1.29 is 9.18 Å². The first-order chi connectivity index (χ1) is 19.8. The highest BCUT2D eigenvalue weighted by Gasteiger charge is 2.47. The molecule has 0 saturated heterocycles. The van der Waals surface area contributed by atoms with Crippen LogP contribution in [-0.2, 0) is 16.8 Å². The average molecular weight is 567 g/mol. The monoisotopic (exact) mass is 566 g/mol. The van der Waals surface area contributed by atoms with Gasteiger partial charge in [-0.05, 0) is 48.0 Å². The number of tetrazole rings is 1. The van der Waals surface area contributed by atoms with E-state index in [0.29, 0.717) is 49.7 Å². The van der Waals surface area contributed by atoms with Crippen molar-refractivity contribution in [3.05, 3.63) is 94.3 Å².